The molecule has 0 bridgehead atoms. The molecule has 24 heavy (non-hydrogen) atoms. The minimum atomic E-state index is -3.74. The molecule has 1 fully saturated rings. The maximum atomic E-state index is 13.0. The number of halogens is 1. The van der Waals surface area contributed by atoms with E-state index < -0.39 is 22.0 Å². The Labute approximate surface area is 140 Å². The van der Waals surface area contributed by atoms with E-state index in [-0.39, 0.29) is 16.9 Å². The van der Waals surface area contributed by atoms with Crippen molar-refractivity contribution in [2.24, 2.45) is 5.92 Å². The third-order valence-corrected chi connectivity index (χ3v) is 5.65. The van der Waals surface area contributed by atoms with Crippen LogP contribution in [0.2, 0.25) is 0 Å². The zero-order chi connectivity index (χ0) is 17.2. The van der Waals surface area contributed by atoms with E-state index in [1.807, 2.05) is 19.1 Å². The van der Waals surface area contributed by atoms with Gasteiger partial charge in [-0.25, -0.2) is 23.7 Å². The van der Waals surface area contributed by atoms with E-state index in [0.29, 0.717) is 0 Å². The molecule has 0 aliphatic carbocycles. The van der Waals surface area contributed by atoms with Crippen molar-refractivity contribution < 1.29 is 12.8 Å². The molecule has 3 rings (SSSR count). The SMILES string of the molecule is CCC1C(NS(=O)(=O)c2ccc(F)cc2)NNC1c1ccncc1. The molecular formula is C16H19FN4O2S. The van der Waals surface area contributed by atoms with Crippen molar-refractivity contribution >= 4 is 10.0 Å². The minimum absolute atomic E-state index is 0.0163. The Hall–Kier alpha value is -1.87. The Morgan fingerprint density at radius 2 is 1.79 bits per heavy atom. The van der Waals surface area contributed by atoms with Gasteiger partial charge < -0.3 is 0 Å². The second kappa shape index (κ2) is 6.94. The summed E-state index contributed by atoms with van der Waals surface area (Å²) in [6.07, 6.45) is 3.71. The van der Waals surface area contributed by atoms with E-state index in [9.17, 15) is 12.8 Å². The largest absolute Gasteiger partial charge is 0.265 e. The summed E-state index contributed by atoms with van der Waals surface area (Å²) in [5.74, 6) is -0.457. The number of rotatable bonds is 5. The van der Waals surface area contributed by atoms with Gasteiger partial charge in [0.05, 0.1) is 17.1 Å². The Morgan fingerprint density at radius 1 is 1.12 bits per heavy atom. The van der Waals surface area contributed by atoms with Crippen LogP contribution in [0.4, 0.5) is 4.39 Å². The smallest absolute Gasteiger partial charge is 0.241 e. The maximum Gasteiger partial charge on any atom is 0.241 e. The molecule has 128 valence electrons. The highest BCUT2D eigenvalue weighted by atomic mass is 32.2. The lowest BCUT2D eigenvalue weighted by Crippen LogP contribution is -2.46. The van der Waals surface area contributed by atoms with Gasteiger partial charge in [-0.1, -0.05) is 6.92 Å². The fourth-order valence-electron chi connectivity index (χ4n) is 2.92. The van der Waals surface area contributed by atoms with Crippen molar-refractivity contribution in [3.05, 3.63) is 60.2 Å². The molecule has 0 radical (unpaired) electrons. The molecule has 3 unspecified atom stereocenters. The topological polar surface area (TPSA) is 83.1 Å². The van der Waals surface area contributed by atoms with Gasteiger partial charge >= 0.3 is 0 Å². The summed E-state index contributed by atoms with van der Waals surface area (Å²) < 4.78 is 40.6. The molecule has 1 aliphatic rings. The highest BCUT2D eigenvalue weighted by Crippen LogP contribution is 2.30. The summed E-state index contributed by atoms with van der Waals surface area (Å²) >= 11 is 0. The first-order chi connectivity index (χ1) is 11.5. The van der Waals surface area contributed by atoms with E-state index in [2.05, 4.69) is 20.6 Å². The van der Waals surface area contributed by atoms with E-state index in [0.717, 1.165) is 24.1 Å². The van der Waals surface area contributed by atoms with Crippen molar-refractivity contribution in [2.75, 3.05) is 0 Å². The zero-order valence-electron chi connectivity index (χ0n) is 13.1. The lowest BCUT2D eigenvalue weighted by molar-refractivity contribution is 0.386. The summed E-state index contributed by atoms with van der Waals surface area (Å²) in [4.78, 5) is 4.04. The highest BCUT2D eigenvalue weighted by molar-refractivity contribution is 7.89. The van der Waals surface area contributed by atoms with Gasteiger partial charge in [0.25, 0.3) is 0 Å². The average molecular weight is 350 g/mol. The quantitative estimate of drug-likeness (QED) is 0.764. The van der Waals surface area contributed by atoms with Crippen LogP contribution in [0.1, 0.15) is 24.9 Å². The summed E-state index contributed by atoms with van der Waals surface area (Å²) in [5, 5.41) is 0. The molecule has 1 aromatic heterocycles. The predicted octanol–water partition coefficient (Wildman–Crippen LogP) is 1.70. The second-order valence-corrected chi connectivity index (χ2v) is 7.39. The standard InChI is InChI=1S/C16H19FN4O2S/c1-2-14-15(11-7-9-18-10-8-11)19-20-16(14)21-24(22,23)13-5-3-12(17)4-6-13/h3-10,14-16,19-21H,2H2,1H3. The molecule has 0 amide bonds. The number of hydrogen-bond donors (Lipinski definition) is 3. The van der Waals surface area contributed by atoms with Gasteiger partial charge in [0.15, 0.2) is 0 Å². The fourth-order valence-corrected chi connectivity index (χ4v) is 4.12. The van der Waals surface area contributed by atoms with Gasteiger partial charge in [-0.2, -0.15) is 4.72 Å². The van der Waals surface area contributed by atoms with Gasteiger partial charge in [0, 0.05) is 18.3 Å². The van der Waals surface area contributed by atoms with Gasteiger partial charge in [-0.3, -0.25) is 4.98 Å². The first-order valence-corrected chi connectivity index (χ1v) is 9.18. The van der Waals surface area contributed by atoms with Crippen LogP contribution in [-0.2, 0) is 10.0 Å². The van der Waals surface area contributed by atoms with Gasteiger partial charge in [0.2, 0.25) is 10.0 Å². The van der Waals surface area contributed by atoms with Crippen molar-refractivity contribution in [2.45, 2.75) is 30.4 Å². The summed E-state index contributed by atoms with van der Waals surface area (Å²) in [7, 11) is -3.74. The fraction of sp³-hybridized carbons (Fsp3) is 0.312. The Balaban J connectivity index is 1.79. The minimum Gasteiger partial charge on any atom is -0.265 e. The number of nitrogens with one attached hydrogen (secondary N) is 3. The summed E-state index contributed by atoms with van der Waals surface area (Å²) in [5.41, 5.74) is 7.19. The van der Waals surface area contributed by atoms with Crippen LogP contribution >= 0.6 is 0 Å². The number of sulfonamides is 1. The second-order valence-electron chi connectivity index (χ2n) is 5.67. The van der Waals surface area contributed by atoms with E-state index in [1.54, 1.807) is 12.4 Å². The van der Waals surface area contributed by atoms with E-state index in [4.69, 9.17) is 0 Å². The molecule has 2 heterocycles. The monoisotopic (exact) mass is 350 g/mol. The third kappa shape index (κ3) is 3.46. The Kier molecular flexibility index (Phi) is 4.91. The number of aromatic nitrogens is 1. The molecule has 1 aromatic carbocycles. The van der Waals surface area contributed by atoms with Crippen LogP contribution < -0.4 is 15.6 Å². The predicted molar refractivity (Wildman–Crippen MR) is 87.5 cm³/mol. The normalized spacial score (nSPS) is 24.2. The molecule has 1 aliphatic heterocycles. The number of pyridine rings is 1. The molecule has 1 saturated heterocycles. The molecule has 2 aromatic rings. The molecule has 3 atom stereocenters. The molecule has 0 spiro atoms. The molecule has 6 nitrogen and oxygen atoms in total. The van der Waals surface area contributed by atoms with Crippen LogP contribution in [0, 0.1) is 11.7 Å². The van der Waals surface area contributed by atoms with Crippen LogP contribution in [-0.4, -0.2) is 19.6 Å². The van der Waals surface area contributed by atoms with Crippen LogP contribution in [0.3, 0.4) is 0 Å². The Bertz CT molecular complexity index is 783. The lowest BCUT2D eigenvalue weighted by atomic mass is 9.91. The van der Waals surface area contributed by atoms with Crippen LogP contribution in [0.5, 0.6) is 0 Å². The molecular weight excluding hydrogens is 331 g/mol. The van der Waals surface area contributed by atoms with Gasteiger partial charge in [-0.15, -0.1) is 0 Å². The number of nitrogens with zero attached hydrogens (tertiary/aromatic N) is 1. The lowest BCUT2D eigenvalue weighted by Gasteiger charge is -2.22. The first kappa shape index (κ1) is 17.0. The number of hydrazine groups is 1. The summed E-state index contributed by atoms with van der Waals surface area (Å²) in [6, 6.07) is 8.54. The van der Waals surface area contributed by atoms with E-state index in [1.165, 1.54) is 12.1 Å². The molecule has 0 saturated carbocycles. The molecule has 8 heteroatoms. The number of hydrogen-bond acceptors (Lipinski definition) is 5. The molecule has 3 N–H and O–H groups in total. The van der Waals surface area contributed by atoms with Crippen molar-refractivity contribution in [1.82, 2.24) is 20.6 Å². The van der Waals surface area contributed by atoms with Crippen molar-refractivity contribution in [1.29, 1.82) is 0 Å². The van der Waals surface area contributed by atoms with Crippen molar-refractivity contribution in [3.8, 4) is 0 Å². The third-order valence-electron chi connectivity index (χ3n) is 4.19. The maximum absolute atomic E-state index is 13.0. The number of benzene rings is 1. The van der Waals surface area contributed by atoms with Gasteiger partial charge in [0.1, 0.15) is 5.82 Å². The van der Waals surface area contributed by atoms with Gasteiger partial charge in [-0.05, 0) is 48.4 Å². The van der Waals surface area contributed by atoms with Crippen molar-refractivity contribution in [3.63, 3.8) is 0 Å². The Morgan fingerprint density at radius 3 is 2.42 bits per heavy atom. The zero-order valence-corrected chi connectivity index (χ0v) is 13.9. The van der Waals surface area contributed by atoms with Crippen LogP contribution in [0.25, 0.3) is 0 Å². The summed E-state index contributed by atoms with van der Waals surface area (Å²) in [6.45, 7) is 2.01. The van der Waals surface area contributed by atoms with Crippen LogP contribution in [0.15, 0.2) is 53.7 Å². The highest BCUT2D eigenvalue weighted by Gasteiger charge is 2.37. The first-order valence-electron chi connectivity index (χ1n) is 7.70. The average Bonchev–Trinajstić information content (AvgIpc) is 2.98. The van der Waals surface area contributed by atoms with E-state index >= 15 is 0 Å².